The maximum absolute atomic E-state index is 6.52. The highest BCUT2D eigenvalue weighted by molar-refractivity contribution is 5.95. The maximum Gasteiger partial charge on any atom is 0.0838 e. The van der Waals surface area contributed by atoms with Crippen molar-refractivity contribution in [3.63, 3.8) is 0 Å². The first-order valence-electron chi connectivity index (χ1n) is 40.4. The Morgan fingerprint density at radius 1 is 0.270 bits per heavy atom. The molecule has 9 aromatic rings. The van der Waals surface area contributed by atoms with Crippen LogP contribution < -0.4 is 9.80 Å². The number of benzene rings is 9. The molecule has 4 heterocycles. The van der Waals surface area contributed by atoms with Crippen LogP contribution in [0, 0.1) is 0 Å². The van der Waals surface area contributed by atoms with Crippen molar-refractivity contribution >= 4 is 34.1 Å². The molecule has 0 aromatic heterocycles. The van der Waals surface area contributed by atoms with E-state index in [2.05, 4.69) is 232 Å². The van der Waals surface area contributed by atoms with Crippen LogP contribution in [0.4, 0.5) is 34.1 Å². The van der Waals surface area contributed by atoms with Crippen molar-refractivity contribution in [2.45, 2.75) is 268 Å². The molecule has 2 saturated heterocycles. The van der Waals surface area contributed by atoms with Gasteiger partial charge in [-0.2, -0.15) is 0 Å². The molecule has 9 aromatic carbocycles. The van der Waals surface area contributed by atoms with Gasteiger partial charge in [0.25, 0.3) is 0 Å². The van der Waals surface area contributed by atoms with Crippen LogP contribution in [0.1, 0.15) is 302 Å². The molecule has 4 nitrogen and oxygen atoms in total. The fraction of sp³-hybridized carbons (Fsp3) is 0.438. The number of anilines is 6. The van der Waals surface area contributed by atoms with Gasteiger partial charge in [-0.3, -0.25) is 0 Å². The van der Waals surface area contributed by atoms with E-state index in [1.807, 2.05) is 0 Å². The smallest absolute Gasteiger partial charge is 0.0838 e. The van der Waals surface area contributed by atoms with Gasteiger partial charge in [-0.1, -0.05) is 291 Å². The van der Waals surface area contributed by atoms with E-state index in [1.165, 1.54) is 255 Å². The highest BCUT2D eigenvalue weighted by Gasteiger charge is 2.49. The predicted octanol–water partition coefficient (Wildman–Crippen LogP) is 29.3. The zero-order chi connectivity index (χ0) is 67.8. The third-order valence-electron chi connectivity index (χ3n) is 24.7. The average Bonchev–Trinajstić information content (AvgIpc) is 1.53. The predicted molar refractivity (Wildman–Crippen MR) is 423 cm³/mol. The highest BCUT2D eigenvalue weighted by Crippen LogP contribution is 2.63. The highest BCUT2D eigenvalue weighted by atomic mass is 16.5. The Morgan fingerprint density at radius 3 is 0.960 bits per heavy atom. The van der Waals surface area contributed by atoms with Crippen molar-refractivity contribution in [1.29, 1.82) is 0 Å². The first-order valence-corrected chi connectivity index (χ1v) is 40.4. The maximum atomic E-state index is 6.52. The van der Waals surface area contributed by atoms with Crippen LogP contribution in [0.25, 0.3) is 44.5 Å². The van der Waals surface area contributed by atoms with E-state index in [4.69, 9.17) is 9.47 Å². The van der Waals surface area contributed by atoms with Crippen molar-refractivity contribution in [3.05, 3.63) is 239 Å². The van der Waals surface area contributed by atoms with Crippen molar-refractivity contribution in [3.8, 4) is 44.5 Å². The first kappa shape index (κ1) is 68.3. The van der Waals surface area contributed by atoms with Gasteiger partial charge < -0.3 is 19.3 Å². The molecule has 4 bridgehead atoms. The van der Waals surface area contributed by atoms with Crippen LogP contribution in [-0.2, 0) is 20.3 Å². The second-order valence-corrected chi connectivity index (χ2v) is 31.1. The van der Waals surface area contributed by atoms with Gasteiger partial charge in [0.15, 0.2) is 0 Å². The van der Waals surface area contributed by atoms with Crippen LogP contribution >= 0.6 is 0 Å². The lowest BCUT2D eigenvalue weighted by Gasteiger charge is -2.36. The molecule has 518 valence electrons. The summed E-state index contributed by atoms with van der Waals surface area (Å²) >= 11 is 0. The molecule has 4 unspecified atom stereocenters. The Bertz CT molecular complexity index is 3930. The summed E-state index contributed by atoms with van der Waals surface area (Å²) in [6, 6.07) is 77.0. The fourth-order valence-electron chi connectivity index (χ4n) is 19.5. The molecule has 15 rings (SSSR count). The molecular weight excluding hydrogens is 1210 g/mol. The van der Waals surface area contributed by atoms with Crippen LogP contribution in [0.2, 0.25) is 0 Å². The van der Waals surface area contributed by atoms with E-state index >= 15 is 0 Å². The van der Waals surface area contributed by atoms with E-state index < -0.39 is 0 Å². The van der Waals surface area contributed by atoms with Gasteiger partial charge >= 0.3 is 0 Å². The number of ether oxygens (including phenoxy) is 2. The van der Waals surface area contributed by atoms with E-state index in [0.29, 0.717) is 0 Å². The van der Waals surface area contributed by atoms with E-state index in [-0.39, 0.29) is 35.2 Å². The normalized spacial score (nSPS) is 18.0. The van der Waals surface area contributed by atoms with Crippen molar-refractivity contribution in [1.82, 2.24) is 0 Å². The largest absolute Gasteiger partial charge is 0.366 e. The van der Waals surface area contributed by atoms with Gasteiger partial charge in [0, 0.05) is 44.7 Å². The summed E-state index contributed by atoms with van der Waals surface area (Å²) in [7, 11) is 0. The van der Waals surface area contributed by atoms with Gasteiger partial charge in [0.2, 0.25) is 0 Å². The second kappa shape index (κ2) is 31.4. The topological polar surface area (TPSA) is 24.9 Å². The van der Waals surface area contributed by atoms with Gasteiger partial charge in [0.1, 0.15) is 0 Å². The third-order valence-corrected chi connectivity index (χ3v) is 24.7. The number of hydrogen-bond acceptors (Lipinski definition) is 4. The molecule has 100 heavy (non-hydrogen) atoms. The van der Waals surface area contributed by atoms with Gasteiger partial charge in [-0.15, -0.1) is 0 Å². The van der Waals surface area contributed by atoms with E-state index in [0.717, 1.165) is 51.4 Å². The molecule has 0 amide bonds. The molecule has 2 fully saturated rings. The third kappa shape index (κ3) is 13.4. The number of fused-ring (bicyclic) bond motifs is 16. The molecule has 4 atom stereocenters. The van der Waals surface area contributed by atoms with Crippen molar-refractivity contribution < 1.29 is 9.47 Å². The van der Waals surface area contributed by atoms with Crippen LogP contribution in [0.15, 0.2) is 194 Å². The summed E-state index contributed by atoms with van der Waals surface area (Å²) in [5.74, 6) is 0. The van der Waals surface area contributed by atoms with Gasteiger partial charge in [-0.25, -0.2) is 0 Å². The molecule has 0 saturated carbocycles. The van der Waals surface area contributed by atoms with Gasteiger partial charge in [-0.05, 0) is 214 Å². The quantitative estimate of drug-likeness (QED) is 0.0366. The number of nitrogens with zero attached hydrogens (tertiary/aromatic N) is 2. The Kier molecular flexibility index (Phi) is 21.4. The lowest BCUT2D eigenvalue weighted by Crippen LogP contribution is -2.27. The Labute approximate surface area is 601 Å². The average molecular weight is 1330 g/mol. The minimum Gasteiger partial charge on any atom is -0.366 e. The molecule has 4 heteroatoms. The van der Waals surface area contributed by atoms with E-state index in [9.17, 15) is 0 Å². The van der Waals surface area contributed by atoms with Gasteiger partial charge in [0.05, 0.1) is 35.8 Å². The summed E-state index contributed by atoms with van der Waals surface area (Å²) in [6.07, 6.45) is 40.9. The first-order chi connectivity index (χ1) is 49.4. The number of hydrogen-bond donors (Lipinski definition) is 0. The SMILES string of the molecule is CCCCCCCCC1(CCCCCCCC)c2cc(N(c3ccccc3)c3ccccc3-c3ccc4c(c3)C3CCC4O3)ccc2-c2cc3c(cc21)-c1ccc(N(c2ccccc2)c2ccccc2-c2ccc4c(c2)C2CCC4O2)cc1C3(CCCCCCCC)CCCCCCCC. The number of rotatable bonds is 36. The monoisotopic (exact) mass is 1320 g/mol. The molecule has 0 spiro atoms. The van der Waals surface area contributed by atoms with Crippen molar-refractivity contribution in [2.24, 2.45) is 0 Å². The van der Waals surface area contributed by atoms with Crippen molar-refractivity contribution in [2.75, 3.05) is 9.80 Å². The van der Waals surface area contributed by atoms with Crippen LogP contribution in [0.5, 0.6) is 0 Å². The Hall–Kier alpha value is -7.50. The molecule has 0 radical (unpaired) electrons. The summed E-state index contributed by atoms with van der Waals surface area (Å²) in [4.78, 5) is 5.21. The molecule has 0 N–H and O–H groups in total. The zero-order valence-corrected chi connectivity index (χ0v) is 61.1. The summed E-state index contributed by atoms with van der Waals surface area (Å²) in [5.41, 5.74) is 29.9. The lowest BCUT2D eigenvalue weighted by atomic mass is 9.68. The Morgan fingerprint density at radius 2 is 0.590 bits per heavy atom. The molecular formula is C96H112N2O2. The molecule has 2 aliphatic carbocycles. The lowest BCUT2D eigenvalue weighted by molar-refractivity contribution is 0.0715. The summed E-state index contributed by atoms with van der Waals surface area (Å²) in [6.45, 7) is 9.45. The molecule has 4 aliphatic heterocycles. The standard InChI is InChI=1S/C96H112N2O2/c1-5-9-13-17-21-35-59-95(60-36-22-18-14-10-6-2)85-65-73(97(71-39-27-25-28-40-71)89-45-33-31-43-75(89)69-47-51-79-83(63-69)93-57-55-91(79)99-93)49-53-77(85)81-68-88-82(67-87(81)95)78-54-50-74(66-86(78)96(88,61-37-23-19-15-11-7-3)62-38-24-20-16-12-8-4)98(72-41-29-26-30-42-72)90-46-34-32-44-76(90)70-48-52-80-84(64-70)94-58-56-92(80)100-94/h25-34,39-54,63-68,91-94H,5-24,35-38,55-62H2,1-4H3. The minimum absolute atomic E-state index is 0.159. The molecule has 6 aliphatic rings. The number of unbranched alkanes of at least 4 members (excludes halogenated alkanes) is 20. The summed E-state index contributed by atoms with van der Waals surface area (Å²) in [5, 5.41) is 0. The minimum atomic E-state index is -0.159. The number of para-hydroxylation sites is 4. The summed E-state index contributed by atoms with van der Waals surface area (Å²) < 4.78 is 13.0. The zero-order valence-electron chi connectivity index (χ0n) is 61.1. The second-order valence-electron chi connectivity index (χ2n) is 31.1. The van der Waals surface area contributed by atoms with Crippen LogP contribution in [-0.4, -0.2) is 0 Å². The fourth-order valence-corrected chi connectivity index (χ4v) is 19.5. The Balaban J connectivity index is 0.910. The van der Waals surface area contributed by atoms with Crippen LogP contribution in [0.3, 0.4) is 0 Å². The van der Waals surface area contributed by atoms with E-state index in [1.54, 1.807) is 22.3 Å².